The Morgan fingerprint density at radius 3 is 2.43 bits per heavy atom. The lowest BCUT2D eigenvalue weighted by Crippen LogP contribution is -2.48. The summed E-state index contributed by atoms with van der Waals surface area (Å²) in [6.07, 6.45) is 2.38. The van der Waals surface area contributed by atoms with Crippen LogP contribution < -0.4 is 9.47 Å². The molecule has 7 heteroatoms. The minimum Gasteiger partial charge on any atom is -0.493 e. The smallest absolute Gasteiger partial charge is 0.272 e. The van der Waals surface area contributed by atoms with E-state index in [1.54, 1.807) is 18.9 Å². The van der Waals surface area contributed by atoms with Crippen molar-refractivity contribution in [2.75, 3.05) is 33.9 Å². The van der Waals surface area contributed by atoms with Crippen LogP contribution in [0.5, 0.6) is 11.5 Å². The van der Waals surface area contributed by atoms with E-state index in [2.05, 4.69) is 17.2 Å². The highest BCUT2D eigenvalue weighted by Gasteiger charge is 2.42. The second-order valence-electron chi connectivity index (χ2n) is 7.54. The molecule has 2 aliphatic heterocycles. The van der Waals surface area contributed by atoms with Crippen molar-refractivity contribution < 1.29 is 19.0 Å². The summed E-state index contributed by atoms with van der Waals surface area (Å²) in [6.45, 7) is 3.88. The van der Waals surface area contributed by atoms with E-state index in [1.165, 1.54) is 11.1 Å². The largest absolute Gasteiger partial charge is 0.493 e. The predicted octanol–water partition coefficient (Wildman–Crippen LogP) is 2.45. The Kier molecular flexibility index (Phi) is 4.79. The summed E-state index contributed by atoms with van der Waals surface area (Å²) < 4.78 is 18.9. The zero-order valence-electron chi connectivity index (χ0n) is 16.9. The highest BCUT2D eigenvalue weighted by atomic mass is 16.5. The zero-order valence-corrected chi connectivity index (χ0v) is 16.9. The number of likely N-dealkylation sites (tertiary alicyclic amines) is 1. The predicted molar refractivity (Wildman–Crippen MR) is 104 cm³/mol. The Labute approximate surface area is 165 Å². The molecular formula is C21H27N3O4. The highest BCUT2D eigenvalue weighted by molar-refractivity contribution is 5.92. The molecule has 0 N–H and O–H groups in total. The maximum atomic E-state index is 12.9. The number of carbonyl (C=O) groups excluding carboxylic acids is 1. The number of ether oxygens (including phenoxy) is 3. The van der Waals surface area contributed by atoms with Gasteiger partial charge in [-0.05, 0) is 55.5 Å². The molecule has 0 aliphatic carbocycles. The van der Waals surface area contributed by atoms with Crippen LogP contribution in [0.3, 0.4) is 0 Å². The van der Waals surface area contributed by atoms with Crippen LogP contribution in [0.4, 0.5) is 0 Å². The number of amides is 1. The summed E-state index contributed by atoms with van der Waals surface area (Å²) in [6, 6.07) is 5.96. The van der Waals surface area contributed by atoms with Gasteiger partial charge in [-0.2, -0.15) is 5.10 Å². The lowest BCUT2D eigenvalue weighted by atomic mass is 9.79. The van der Waals surface area contributed by atoms with Gasteiger partial charge in [0.1, 0.15) is 5.69 Å². The standard InChI is InChI=1S/C21H27N3O4/c1-14-11-17(23(2)22-14)20(25)24-8-6-21(7-9-24)16-13-19(27-4)18(26-3)12-15(16)5-10-28-21/h11-13H,5-10H2,1-4H3. The molecule has 0 radical (unpaired) electrons. The maximum Gasteiger partial charge on any atom is 0.272 e. The van der Waals surface area contributed by atoms with Crippen LogP contribution in [0.2, 0.25) is 0 Å². The van der Waals surface area contributed by atoms with Crippen LogP contribution in [0.15, 0.2) is 18.2 Å². The monoisotopic (exact) mass is 385 g/mol. The van der Waals surface area contributed by atoms with Gasteiger partial charge in [-0.25, -0.2) is 0 Å². The van der Waals surface area contributed by atoms with Crippen molar-refractivity contribution in [3.8, 4) is 11.5 Å². The van der Waals surface area contributed by atoms with Crippen molar-refractivity contribution in [1.82, 2.24) is 14.7 Å². The van der Waals surface area contributed by atoms with E-state index < -0.39 is 0 Å². The molecule has 4 rings (SSSR count). The number of nitrogens with zero attached hydrogens (tertiary/aromatic N) is 3. The lowest BCUT2D eigenvalue weighted by Gasteiger charge is -2.45. The minimum atomic E-state index is -0.369. The number of fused-ring (bicyclic) bond motifs is 2. The SMILES string of the molecule is COc1cc2c(cc1OC)C1(CCN(C(=O)c3cc(C)nn3C)CC1)OCC2. The number of hydrogen-bond acceptors (Lipinski definition) is 5. The van der Waals surface area contributed by atoms with E-state index in [0.29, 0.717) is 25.4 Å². The third-order valence-corrected chi connectivity index (χ3v) is 5.93. The van der Waals surface area contributed by atoms with Crippen LogP contribution >= 0.6 is 0 Å². The van der Waals surface area contributed by atoms with Crippen LogP contribution in [0.25, 0.3) is 0 Å². The average Bonchev–Trinajstić information content (AvgIpc) is 3.05. The first-order valence-corrected chi connectivity index (χ1v) is 9.66. The topological polar surface area (TPSA) is 65.8 Å². The van der Waals surface area contributed by atoms with Gasteiger partial charge in [0.2, 0.25) is 0 Å². The van der Waals surface area contributed by atoms with Gasteiger partial charge < -0.3 is 19.1 Å². The van der Waals surface area contributed by atoms with Gasteiger partial charge in [0.25, 0.3) is 5.91 Å². The van der Waals surface area contributed by atoms with E-state index in [1.807, 2.05) is 24.9 Å². The van der Waals surface area contributed by atoms with Crippen molar-refractivity contribution in [3.63, 3.8) is 0 Å². The highest BCUT2D eigenvalue weighted by Crippen LogP contribution is 2.45. The Balaban J connectivity index is 1.58. The number of hydrogen-bond donors (Lipinski definition) is 0. The summed E-state index contributed by atoms with van der Waals surface area (Å²) >= 11 is 0. The van der Waals surface area contributed by atoms with Crippen LogP contribution in [-0.4, -0.2) is 54.5 Å². The van der Waals surface area contributed by atoms with Crippen LogP contribution in [0, 0.1) is 6.92 Å². The summed E-state index contributed by atoms with van der Waals surface area (Å²) in [4.78, 5) is 14.8. The third-order valence-electron chi connectivity index (χ3n) is 5.93. The zero-order chi connectivity index (χ0) is 19.9. The second kappa shape index (κ2) is 7.13. The molecule has 0 bridgehead atoms. The fraction of sp³-hybridized carbons (Fsp3) is 0.524. The summed E-state index contributed by atoms with van der Waals surface area (Å²) in [5.74, 6) is 1.49. The van der Waals surface area contributed by atoms with Crippen molar-refractivity contribution >= 4 is 5.91 Å². The number of aromatic nitrogens is 2. The van der Waals surface area contributed by atoms with E-state index in [4.69, 9.17) is 14.2 Å². The van der Waals surface area contributed by atoms with Gasteiger partial charge >= 0.3 is 0 Å². The molecule has 1 aromatic carbocycles. The van der Waals surface area contributed by atoms with E-state index in [-0.39, 0.29) is 11.5 Å². The van der Waals surface area contributed by atoms with E-state index in [0.717, 1.165) is 36.5 Å². The third kappa shape index (κ3) is 3.03. The molecule has 1 amide bonds. The number of rotatable bonds is 3. The van der Waals surface area contributed by atoms with Crippen LogP contribution in [-0.2, 0) is 23.8 Å². The molecule has 0 saturated carbocycles. The first kappa shape index (κ1) is 18.8. The van der Waals surface area contributed by atoms with Gasteiger partial charge in [0.15, 0.2) is 11.5 Å². The second-order valence-corrected chi connectivity index (χ2v) is 7.54. The fourth-order valence-corrected chi connectivity index (χ4v) is 4.44. The molecule has 1 aromatic heterocycles. The number of piperidine rings is 1. The average molecular weight is 385 g/mol. The normalized spacial score (nSPS) is 18.1. The van der Waals surface area contributed by atoms with Gasteiger partial charge in [0, 0.05) is 20.1 Å². The molecule has 1 fully saturated rings. The van der Waals surface area contributed by atoms with Gasteiger partial charge in [-0.1, -0.05) is 0 Å². The van der Waals surface area contributed by atoms with Crippen molar-refractivity contribution in [2.45, 2.75) is 31.8 Å². The Morgan fingerprint density at radius 2 is 1.82 bits per heavy atom. The molecule has 3 heterocycles. The molecule has 1 saturated heterocycles. The van der Waals surface area contributed by atoms with Gasteiger partial charge in [0.05, 0.1) is 32.1 Å². The molecule has 28 heavy (non-hydrogen) atoms. The summed E-state index contributed by atoms with van der Waals surface area (Å²) in [7, 11) is 5.12. The molecule has 7 nitrogen and oxygen atoms in total. The van der Waals surface area contributed by atoms with Crippen molar-refractivity contribution in [3.05, 3.63) is 40.7 Å². The van der Waals surface area contributed by atoms with Gasteiger partial charge in [-0.15, -0.1) is 0 Å². The Morgan fingerprint density at radius 1 is 1.14 bits per heavy atom. The molecule has 2 aliphatic rings. The minimum absolute atomic E-state index is 0.0290. The molecule has 0 unspecified atom stereocenters. The fourth-order valence-electron chi connectivity index (χ4n) is 4.44. The van der Waals surface area contributed by atoms with Crippen molar-refractivity contribution in [1.29, 1.82) is 0 Å². The molecule has 0 atom stereocenters. The summed E-state index contributed by atoms with van der Waals surface area (Å²) in [5.41, 5.74) is 3.52. The Bertz CT molecular complexity index is 897. The first-order chi connectivity index (χ1) is 13.5. The first-order valence-electron chi connectivity index (χ1n) is 9.66. The molecule has 2 aromatic rings. The van der Waals surface area contributed by atoms with E-state index in [9.17, 15) is 4.79 Å². The number of methoxy groups -OCH3 is 2. The van der Waals surface area contributed by atoms with Gasteiger partial charge in [-0.3, -0.25) is 9.48 Å². The number of benzene rings is 1. The molecule has 1 spiro atoms. The Hall–Kier alpha value is -2.54. The molecule has 150 valence electrons. The van der Waals surface area contributed by atoms with Crippen LogP contribution in [0.1, 0.15) is 40.2 Å². The quantitative estimate of drug-likeness (QED) is 0.812. The van der Waals surface area contributed by atoms with E-state index >= 15 is 0 Å². The number of carbonyl (C=O) groups is 1. The molecular weight excluding hydrogens is 358 g/mol. The maximum absolute atomic E-state index is 12.9. The van der Waals surface area contributed by atoms with Crippen molar-refractivity contribution in [2.24, 2.45) is 7.05 Å². The summed E-state index contributed by atoms with van der Waals surface area (Å²) in [5, 5.41) is 4.29. The lowest BCUT2D eigenvalue weighted by molar-refractivity contribution is -0.0937. The number of aryl methyl sites for hydroxylation is 2.